The molecule has 0 bridgehead atoms. The molecule has 0 fully saturated rings. The predicted molar refractivity (Wildman–Crippen MR) is 120 cm³/mol. The van der Waals surface area contributed by atoms with E-state index in [-0.39, 0.29) is 5.91 Å². The van der Waals surface area contributed by atoms with E-state index in [4.69, 9.17) is 5.41 Å². The van der Waals surface area contributed by atoms with E-state index in [1.54, 1.807) is 13.1 Å². The first-order valence-electron chi connectivity index (χ1n) is 9.78. The maximum Gasteiger partial charge on any atom is 0.222 e. The zero-order valence-corrected chi connectivity index (χ0v) is 18.0. The van der Waals surface area contributed by atoms with E-state index in [0.717, 1.165) is 22.6 Å². The van der Waals surface area contributed by atoms with E-state index in [0.29, 0.717) is 11.5 Å². The highest BCUT2D eigenvalue weighted by Crippen LogP contribution is 2.20. The number of hydrogen-bond donors (Lipinski definition) is 2. The van der Waals surface area contributed by atoms with Gasteiger partial charge in [-0.05, 0) is 55.9 Å². The van der Waals surface area contributed by atoms with Gasteiger partial charge in [0.05, 0.1) is 0 Å². The molecule has 0 aliphatic carbocycles. The van der Waals surface area contributed by atoms with E-state index in [1.165, 1.54) is 25.3 Å². The molecule has 1 heterocycles. The number of allylic oxidation sites excluding steroid dienone is 2. The number of aryl methyl sites for hydroxylation is 1. The maximum absolute atomic E-state index is 11.0. The first kappa shape index (κ1) is 23.3. The number of pyridine rings is 1. The zero-order valence-electron chi connectivity index (χ0n) is 18.0. The molecule has 1 amide bonds. The molecule has 1 unspecified atom stereocenters. The molecular formula is C24H33N3O. The molecule has 1 atom stereocenters. The van der Waals surface area contributed by atoms with Crippen molar-refractivity contribution in [3.63, 3.8) is 0 Å². The van der Waals surface area contributed by atoms with Crippen LogP contribution in [0.4, 0.5) is 5.82 Å². The van der Waals surface area contributed by atoms with Gasteiger partial charge in [0.1, 0.15) is 5.82 Å². The van der Waals surface area contributed by atoms with Crippen LogP contribution in [0.1, 0.15) is 57.7 Å². The van der Waals surface area contributed by atoms with Crippen molar-refractivity contribution in [3.05, 3.63) is 65.4 Å². The Balaban J connectivity index is 0.000000307. The van der Waals surface area contributed by atoms with Crippen molar-refractivity contribution in [2.75, 3.05) is 5.32 Å². The second-order valence-electron chi connectivity index (χ2n) is 7.10. The van der Waals surface area contributed by atoms with Crippen molar-refractivity contribution in [1.82, 2.24) is 4.98 Å². The molecule has 0 aliphatic heterocycles. The number of benzene rings is 1. The lowest BCUT2D eigenvalue weighted by molar-refractivity contribution is -0.114. The average Bonchev–Trinajstić information content (AvgIpc) is 2.65. The second kappa shape index (κ2) is 11.9. The van der Waals surface area contributed by atoms with Crippen LogP contribution in [0.5, 0.6) is 0 Å². The smallest absolute Gasteiger partial charge is 0.222 e. The normalized spacial score (nSPS) is 11.9. The molecule has 0 spiro atoms. The molecule has 2 N–H and O–H groups in total. The standard InChI is InChI=1S/C13H17N3O.C11H16/c1-5-12(9(3)14)11-6-8(2)13(15-7-11)16-10(4)17;1-3-10(2)9-11-7-5-4-6-8-11/h5-7,14H,1-4H3,(H,15,16,17);4-8,10H,3,9H2,1-2H3/b12-5-,14-9?;. The number of nitrogens with zero attached hydrogens (tertiary/aromatic N) is 1. The van der Waals surface area contributed by atoms with Crippen LogP contribution in [0.2, 0.25) is 0 Å². The fourth-order valence-corrected chi connectivity index (χ4v) is 2.78. The van der Waals surface area contributed by atoms with E-state index in [2.05, 4.69) is 54.5 Å². The first-order valence-corrected chi connectivity index (χ1v) is 9.78. The van der Waals surface area contributed by atoms with Crippen molar-refractivity contribution in [3.8, 4) is 0 Å². The molecule has 2 rings (SSSR count). The molecular weight excluding hydrogens is 346 g/mol. The summed E-state index contributed by atoms with van der Waals surface area (Å²) in [6, 6.07) is 12.6. The minimum absolute atomic E-state index is 0.136. The fourth-order valence-electron chi connectivity index (χ4n) is 2.78. The van der Waals surface area contributed by atoms with Crippen LogP contribution in [0, 0.1) is 18.3 Å². The van der Waals surface area contributed by atoms with Gasteiger partial charge in [-0.25, -0.2) is 4.98 Å². The summed E-state index contributed by atoms with van der Waals surface area (Å²) in [4.78, 5) is 15.2. The number of anilines is 1. The van der Waals surface area contributed by atoms with Crippen molar-refractivity contribution in [2.45, 2.75) is 54.4 Å². The number of carbonyl (C=O) groups is 1. The summed E-state index contributed by atoms with van der Waals surface area (Å²) in [7, 11) is 0. The van der Waals surface area contributed by atoms with E-state index in [9.17, 15) is 4.79 Å². The number of carbonyl (C=O) groups excluding carboxylic acids is 1. The van der Waals surface area contributed by atoms with Gasteiger partial charge in [0.2, 0.25) is 5.91 Å². The minimum Gasteiger partial charge on any atom is -0.311 e. The Morgan fingerprint density at radius 2 is 1.89 bits per heavy atom. The van der Waals surface area contributed by atoms with E-state index >= 15 is 0 Å². The number of nitrogens with one attached hydrogen (secondary N) is 2. The minimum atomic E-state index is -0.136. The third-order valence-electron chi connectivity index (χ3n) is 4.50. The lowest BCUT2D eigenvalue weighted by atomic mass is 9.99. The van der Waals surface area contributed by atoms with Gasteiger partial charge in [-0.1, -0.05) is 56.7 Å². The second-order valence-corrected chi connectivity index (χ2v) is 7.10. The van der Waals surface area contributed by atoms with Gasteiger partial charge in [0.15, 0.2) is 0 Å². The summed E-state index contributed by atoms with van der Waals surface area (Å²) < 4.78 is 0. The highest BCUT2D eigenvalue weighted by atomic mass is 16.1. The molecule has 4 nitrogen and oxygen atoms in total. The van der Waals surface area contributed by atoms with Crippen LogP contribution in [0.15, 0.2) is 48.7 Å². The fraction of sp³-hybridized carbons (Fsp3) is 0.375. The molecule has 4 heteroatoms. The summed E-state index contributed by atoms with van der Waals surface area (Å²) in [5.41, 5.74) is 4.60. The first-order chi connectivity index (χ1) is 13.3. The van der Waals surface area contributed by atoms with Crippen LogP contribution >= 0.6 is 0 Å². The van der Waals surface area contributed by atoms with Crippen LogP contribution in [0.3, 0.4) is 0 Å². The van der Waals surface area contributed by atoms with Gasteiger partial charge >= 0.3 is 0 Å². The van der Waals surface area contributed by atoms with Crippen molar-refractivity contribution >= 4 is 23.0 Å². The number of rotatable bonds is 6. The predicted octanol–water partition coefficient (Wildman–Crippen LogP) is 6.07. The van der Waals surface area contributed by atoms with Gasteiger partial charge < -0.3 is 10.7 Å². The van der Waals surface area contributed by atoms with Crippen LogP contribution in [-0.2, 0) is 11.2 Å². The SMILES string of the molecule is C/C=C(/C(C)=N)c1cnc(NC(C)=O)c(C)c1.CCC(C)Cc1ccccc1. The van der Waals surface area contributed by atoms with E-state index < -0.39 is 0 Å². The van der Waals surface area contributed by atoms with Gasteiger partial charge in [-0.15, -0.1) is 0 Å². The lowest BCUT2D eigenvalue weighted by Crippen LogP contribution is -2.09. The van der Waals surface area contributed by atoms with Crippen molar-refractivity contribution < 1.29 is 4.79 Å². The molecule has 0 saturated heterocycles. The van der Waals surface area contributed by atoms with Gasteiger partial charge in [0, 0.05) is 24.4 Å². The molecule has 2 aromatic rings. The van der Waals surface area contributed by atoms with Crippen molar-refractivity contribution in [2.24, 2.45) is 5.92 Å². The Hall–Kier alpha value is -2.75. The Labute approximate surface area is 169 Å². The van der Waals surface area contributed by atoms with Crippen LogP contribution in [0.25, 0.3) is 5.57 Å². The number of amides is 1. The van der Waals surface area contributed by atoms with Crippen molar-refractivity contribution in [1.29, 1.82) is 5.41 Å². The summed E-state index contributed by atoms with van der Waals surface area (Å²) >= 11 is 0. The largest absolute Gasteiger partial charge is 0.311 e. The van der Waals surface area contributed by atoms with Gasteiger partial charge in [0.25, 0.3) is 0 Å². The zero-order chi connectivity index (χ0) is 21.1. The Kier molecular flexibility index (Phi) is 9.86. The Morgan fingerprint density at radius 1 is 1.25 bits per heavy atom. The molecule has 28 heavy (non-hydrogen) atoms. The number of aromatic nitrogens is 1. The topological polar surface area (TPSA) is 65.8 Å². The maximum atomic E-state index is 11.0. The molecule has 1 aromatic carbocycles. The average molecular weight is 380 g/mol. The van der Waals surface area contributed by atoms with Gasteiger partial charge in [-0.3, -0.25) is 4.79 Å². The molecule has 0 radical (unpaired) electrons. The van der Waals surface area contributed by atoms with Crippen LogP contribution < -0.4 is 5.32 Å². The molecule has 0 saturated carbocycles. The Morgan fingerprint density at radius 3 is 2.36 bits per heavy atom. The summed E-state index contributed by atoms with van der Waals surface area (Å²) in [5.74, 6) is 1.25. The number of hydrogen-bond acceptors (Lipinski definition) is 3. The lowest BCUT2D eigenvalue weighted by Gasteiger charge is -2.09. The third kappa shape index (κ3) is 7.87. The quantitative estimate of drug-likeness (QED) is 0.598. The monoisotopic (exact) mass is 379 g/mol. The van der Waals surface area contributed by atoms with Crippen LogP contribution in [-0.4, -0.2) is 16.6 Å². The highest BCUT2D eigenvalue weighted by Gasteiger charge is 2.07. The summed E-state index contributed by atoms with van der Waals surface area (Å²) in [6.45, 7) is 11.5. The highest BCUT2D eigenvalue weighted by molar-refractivity contribution is 6.21. The van der Waals surface area contributed by atoms with Gasteiger partial charge in [-0.2, -0.15) is 0 Å². The van der Waals surface area contributed by atoms with E-state index in [1.807, 2.05) is 26.0 Å². The summed E-state index contributed by atoms with van der Waals surface area (Å²) in [6.07, 6.45) is 6.05. The third-order valence-corrected chi connectivity index (χ3v) is 4.50. The molecule has 0 aliphatic rings. The summed E-state index contributed by atoms with van der Waals surface area (Å²) in [5, 5.41) is 10.3. The molecule has 150 valence electrons. The molecule has 1 aromatic heterocycles. The Bertz CT molecular complexity index is 810.